The molecular weight excluding hydrogens is 290 g/mol. The molecule has 1 heterocycles. The number of nitrogens with one attached hydrogen (secondary N) is 2. The van der Waals surface area contributed by atoms with E-state index in [1.807, 2.05) is 62.8 Å². The highest BCUT2D eigenvalue weighted by Gasteiger charge is 2.15. The number of benzene rings is 1. The molecule has 0 aliphatic heterocycles. The second-order valence-electron chi connectivity index (χ2n) is 6.61. The van der Waals surface area contributed by atoms with E-state index in [1.54, 1.807) is 0 Å². The van der Waals surface area contributed by atoms with Crippen molar-refractivity contribution in [2.75, 3.05) is 5.32 Å². The number of aromatic nitrogens is 1. The Kier molecular flexibility index (Phi) is 5.45. The van der Waals surface area contributed by atoms with Crippen molar-refractivity contribution < 1.29 is 9.53 Å². The Morgan fingerprint density at radius 3 is 2.30 bits per heavy atom. The van der Waals surface area contributed by atoms with Crippen LogP contribution in [-0.4, -0.2) is 16.3 Å². The predicted octanol–water partition coefficient (Wildman–Crippen LogP) is 3.66. The van der Waals surface area contributed by atoms with Gasteiger partial charge in [0.15, 0.2) is 0 Å². The van der Waals surface area contributed by atoms with Crippen LogP contribution in [0.2, 0.25) is 0 Å². The quantitative estimate of drug-likeness (QED) is 0.885. The van der Waals surface area contributed by atoms with Crippen LogP contribution >= 0.6 is 0 Å². The maximum Gasteiger partial charge on any atom is 0.412 e. The molecule has 0 saturated carbocycles. The summed E-state index contributed by atoms with van der Waals surface area (Å²) in [7, 11) is 2.01. The molecule has 0 atom stereocenters. The van der Waals surface area contributed by atoms with Crippen molar-refractivity contribution in [2.45, 2.75) is 39.5 Å². The van der Waals surface area contributed by atoms with Crippen LogP contribution in [0.25, 0.3) is 0 Å². The Hall–Kier alpha value is -2.27. The van der Waals surface area contributed by atoms with E-state index in [-0.39, 0.29) is 0 Å². The molecule has 2 N–H and O–H groups in total. The molecule has 1 aromatic heterocycles. The van der Waals surface area contributed by atoms with Crippen LogP contribution in [0.5, 0.6) is 0 Å². The van der Waals surface area contributed by atoms with Crippen LogP contribution in [0.4, 0.5) is 10.5 Å². The van der Waals surface area contributed by atoms with Gasteiger partial charge in [0.05, 0.1) is 0 Å². The van der Waals surface area contributed by atoms with Gasteiger partial charge in [-0.3, -0.25) is 5.32 Å². The molecule has 0 saturated heterocycles. The van der Waals surface area contributed by atoms with Crippen molar-refractivity contribution in [3.63, 3.8) is 0 Å². The normalized spacial score (nSPS) is 11.3. The van der Waals surface area contributed by atoms with Gasteiger partial charge in [-0.05, 0) is 50.1 Å². The van der Waals surface area contributed by atoms with Gasteiger partial charge < -0.3 is 14.6 Å². The highest BCUT2D eigenvalue weighted by molar-refractivity contribution is 5.84. The molecular formula is C18H25N3O2. The van der Waals surface area contributed by atoms with Crippen LogP contribution in [0.15, 0.2) is 42.7 Å². The first-order valence-electron chi connectivity index (χ1n) is 7.72. The number of carbonyl (C=O) groups is 1. The second-order valence-corrected chi connectivity index (χ2v) is 6.61. The summed E-state index contributed by atoms with van der Waals surface area (Å²) in [6.07, 6.45) is 3.70. The molecule has 124 valence electrons. The number of ether oxygens (including phenoxy) is 1. The molecule has 0 aliphatic rings. The summed E-state index contributed by atoms with van der Waals surface area (Å²) in [5.41, 5.74) is 2.66. The summed E-state index contributed by atoms with van der Waals surface area (Å²) in [5, 5.41) is 6.12. The van der Waals surface area contributed by atoms with E-state index in [0.717, 1.165) is 24.3 Å². The molecule has 0 unspecified atom stereocenters. The fourth-order valence-electron chi connectivity index (χ4n) is 2.14. The average Bonchev–Trinajstić information content (AvgIpc) is 2.84. The molecule has 1 aromatic carbocycles. The van der Waals surface area contributed by atoms with Crippen LogP contribution in [0.1, 0.15) is 31.9 Å². The number of rotatable bonds is 5. The fourth-order valence-corrected chi connectivity index (χ4v) is 2.14. The molecule has 23 heavy (non-hydrogen) atoms. The number of aryl methyl sites for hydroxylation is 1. The lowest BCUT2D eigenvalue weighted by Gasteiger charge is -2.19. The molecule has 5 nitrogen and oxygen atoms in total. The summed E-state index contributed by atoms with van der Waals surface area (Å²) in [5.74, 6) is 0. The Balaban J connectivity index is 1.79. The second kappa shape index (κ2) is 7.33. The summed E-state index contributed by atoms with van der Waals surface area (Å²) < 4.78 is 7.26. The SMILES string of the molecule is Cn1ccc(CNCc2ccc(NC(=O)OC(C)(C)C)cc2)c1. The first-order valence-corrected chi connectivity index (χ1v) is 7.72. The minimum atomic E-state index is -0.495. The maximum atomic E-state index is 11.7. The third-order valence-corrected chi connectivity index (χ3v) is 3.15. The standard InChI is InChI=1S/C18H25N3O2/c1-18(2,3)23-17(22)20-16-7-5-14(6-8-16)11-19-12-15-9-10-21(4)13-15/h5-10,13,19H,11-12H2,1-4H3,(H,20,22). The molecule has 0 spiro atoms. The fraction of sp³-hybridized carbons (Fsp3) is 0.389. The zero-order valence-electron chi connectivity index (χ0n) is 14.2. The van der Waals surface area contributed by atoms with Gasteiger partial charge in [0, 0.05) is 38.2 Å². The van der Waals surface area contributed by atoms with E-state index in [2.05, 4.69) is 22.9 Å². The van der Waals surface area contributed by atoms with Crippen LogP contribution in [0, 0.1) is 0 Å². The van der Waals surface area contributed by atoms with E-state index in [0.29, 0.717) is 0 Å². The molecule has 2 aromatic rings. The number of amides is 1. The van der Waals surface area contributed by atoms with Crippen molar-refractivity contribution in [1.29, 1.82) is 0 Å². The topological polar surface area (TPSA) is 55.3 Å². The van der Waals surface area contributed by atoms with E-state index < -0.39 is 11.7 Å². The Morgan fingerprint density at radius 2 is 1.74 bits per heavy atom. The van der Waals surface area contributed by atoms with Crippen molar-refractivity contribution in [2.24, 2.45) is 7.05 Å². The largest absolute Gasteiger partial charge is 0.444 e. The highest BCUT2D eigenvalue weighted by Crippen LogP contribution is 2.13. The predicted molar refractivity (Wildman–Crippen MR) is 92.3 cm³/mol. The van der Waals surface area contributed by atoms with Gasteiger partial charge in [-0.25, -0.2) is 4.79 Å². The van der Waals surface area contributed by atoms with Gasteiger partial charge in [0.2, 0.25) is 0 Å². The Labute approximate surface area is 137 Å². The van der Waals surface area contributed by atoms with Crippen LogP contribution in [0.3, 0.4) is 0 Å². The first-order chi connectivity index (χ1) is 10.8. The summed E-state index contributed by atoms with van der Waals surface area (Å²) in [6.45, 7) is 7.14. The monoisotopic (exact) mass is 315 g/mol. The lowest BCUT2D eigenvalue weighted by molar-refractivity contribution is 0.0636. The molecule has 2 rings (SSSR count). The molecule has 0 bridgehead atoms. The number of carbonyl (C=O) groups excluding carboxylic acids is 1. The molecule has 1 amide bonds. The Bertz CT molecular complexity index is 639. The minimum absolute atomic E-state index is 0.438. The smallest absolute Gasteiger partial charge is 0.412 e. The van der Waals surface area contributed by atoms with Gasteiger partial charge in [-0.2, -0.15) is 0 Å². The molecule has 0 aliphatic carbocycles. The number of anilines is 1. The number of hydrogen-bond donors (Lipinski definition) is 2. The van der Waals surface area contributed by atoms with E-state index in [4.69, 9.17) is 4.74 Å². The summed E-state index contributed by atoms with van der Waals surface area (Å²) >= 11 is 0. The van der Waals surface area contributed by atoms with Gasteiger partial charge in [0.25, 0.3) is 0 Å². The lowest BCUT2D eigenvalue weighted by Crippen LogP contribution is -2.27. The molecule has 0 radical (unpaired) electrons. The molecule has 5 heteroatoms. The number of nitrogens with zero attached hydrogens (tertiary/aromatic N) is 1. The number of hydrogen-bond acceptors (Lipinski definition) is 3. The van der Waals surface area contributed by atoms with Crippen molar-refractivity contribution >= 4 is 11.8 Å². The van der Waals surface area contributed by atoms with Gasteiger partial charge in [-0.1, -0.05) is 12.1 Å². The zero-order chi connectivity index (χ0) is 16.9. The van der Waals surface area contributed by atoms with Gasteiger partial charge in [0.1, 0.15) is 5.60 Å². The van der Waals surface area contributed by atoms with Gasteiger partial charge >= 0.3 is 6.09 Å². The van der Waals surface area contributed by atoms with E-state index in [9.17, 15) is 4.79 Å². The highest BCUT2D eigenvalue weighted by atomic mass is 16.6. The summed E-state index contributed by atoms with van der Waals surface area (Å²) in [6, 6.07) is 9.84. The lowest BCUT2D eigenvalue weighted by atomic mass is 10.2. The van der Waals surface area contributed by atoms with Crippen molar-refractivity contribution in [3.8, 4) is 0 Å². The maximum absolute atomic E-state index is 11.7. The molecule has 0 fully saturated rings. The Morgan fingerprint density at radius 1 is 1.09 bits per heavy atom. The summed E-state index contributed by atoms with van der Waals surface area (Å²) in [4.78, 5) is 11.7. The van der Waals surface area contributed by atoms with Crippen molar-refractivity contribution in [3.05, 3.63) is 53.9 Å². The van der Waals surface area contributed by atoms with E-state index >= 15 is 0 Å². The zero-order valence-corrected chi connectivity index (χ0v) is 14.2. The van der Waals surface area contributed by atoms with E-state index in [1.165, 1.54) is 5.56 Å². The minimum Gasteiger partial charge on any atom is -0.444 e. The first kappa shape index (κ1) is 17.1. The average molecular weight is 315 g/mol. The van der Waals surface area contributed by atoms with Gasteiger partial charge in [-0.15, -0.1) is 0 Å². The third-order valence-electron chi connectivity index (χ3n) is 3.15. The third kappa shape index (κ3) is 6.16. The van der Waals surface area contributed by atoms with Crippen molar-refractivity contribution in [1.82, 2.24) is 9.88 Å². The van der Waals surface area contributed by atoms with Crippen LogP contribution < -0.4 is 10.6 Å². The van der Waals surface area contributed by atoms with Crippen LogP contribution in [-0.2, 0) is 24.9 Å².